The fraction of sp³-hybridized carbons (Fsp3) is 0.889. The summed E-state index contributed by atoms with van der Waals surface area (Å²) in [7, 11) is 0. The average Bonchev–Trinajstić information content (AvgIpc) is 2.67. The summed E-state index contributed by atoms with van der Waals surface area (Å²) in [4.78, 5) is 0. The summed E-state index contributed by atoms with van der Waals surface area (Å²) in [6, 6.07) is 0. The molecule has 19 heavy (non-hydrogen) atoms. The van der Waals surface area contributed by atoms with Crippen molar-refractivity contribution in [1.29, 1.82) is 0 Å². The Morgan fingerprint density at radius 2 is 2.00 bits per heavy atom. The van der Waals surface area contributed by atoms with Gasteiger partial charge in [-0.15, -0.1) is 0 Å². The summed E-state index contributed by atoms with van der Waals surface area (Å²) >= 11 is 3.84. The Hall–Kier alpha value is 0.220. The maximum atomic E-state index is 3.84. The molecule has 0 heterocycles. The third kappa shape index (κ3) is 3.28. The monoisotopic (exact) mass is 326 g/mol. The quantitative estimate of drug-likeness (QED) is 0.537. The Labute approximate surface area is 128 Å². The first kappa shape index (κ1) is 15.6. The van der Waals surface area contributed by atoms with Crippen LogP contribution in [0.15, 0.2) is 10.6 Å². The van der Waals surface area contributed by atoms with E-state index in [4.69, 9.17) is 0 Å². The van der Waals surface area contributed by atoms with Crippen LogP contribution in [-0.4, -0.2) is 0 Å². The van der Waals surface area contributed by atoms with Crippen molar-refractivity contribution in [2.75, 3.05) is 0 Å². The van der Waals surface area contributed by atoms with Gasteiger partial charge in [0, 0.05) is 0 Å². The van der Waals surface area contributed by atoms with Gasteiger partial charge >= 0.3 is 0 Å². The lowest BCUT2D eigenvalue weighted by molar-refractivity contribution is 0.110. The van der Waals surface area contributed by atoms with Crippen molar-refractivity contribution in [1.82, 2.24) is 0 Å². The normalized spacial score (nSPS) is 36.2. The molecular formula is C18H31Br. The van der Waals surface area contributed by atoms with E-state index in [2.05, 4.69) is 49.7 Å². The van der Waals surface area contributed by atoms with Crippen molar-refractivity contribution >= 4 is 15.9 Å². The second-order valence-electron chi connectivity index (χ2n) is 7.67. The highest BCUT2D eigenvalue weighted by molar-refractivity contribution is 9.11. The minimum atomic E-state index is 0.574. The predicted molar refractivity (Wildman–Crippen MR) is 88.4 cm³/mol. The molecule has 2 rings (SSSR count). The zero-order valence-corrected chi connectivity index (χ0v) is 14.8. The zero-order chi connectivity index (χ0) is 14.0. The zero-order valence-electron chi connectivity index (χ0n) is 13.2. The molecule has 110 valence electrons. The highest BCUT2D eigenvalue weighted by Gasteiger charge is 2.49. The molecule has 1 fully saturated rings. The first-order valence-electron chi connectivity index (χ1n) is 8.30. The molecule has 1 saturated carbocycles. The molecule has 0 aromatic carbocycles. The highest BCUT2D eigenvalue weighted by atomic mass is 79.9. The maximum absolute atomic E-state index is 3.84. The fourth-order valence-electron chi connectivity index (χ4n) is 4.72. The molecule has 0 aromatic heterocycles. The molecule has 0 bridgehead atoms. The van der Waals surface area contributed by atoms with E-state index in [0.717, 1.165) is 23.7 Å². The molecule has 0 nitrogen and oxygen atoms in total. The lowest BCUT2D eigenvalue weighted by Crippen LogP contribution is -2.34. The second kappa shape index (κ2) is 6.33. The predicted octanol–water partition coefficient (Wildman–Crippen LogP) is 6.55. The van der Waals surface area contributed by atoms with Crippen molar-refractivity contribution in [3.05, 3.63) is 10.6 Å². The van der Waals surface area contributed by atoms with Crippen molar-refractivity contribution in [2.45, 2.75) is 72.6 Å². The molecule has 2 aliphatic carbocycles. The lowest BCUT2D eigenvalue weighted by Gasteiger charge is -2.42. The molecule has 1 heteroatoms. The topological polar surface area (TPSA) is 0 Å². The Morgan fingerprint density at radius 3 is 2.68 bits per heavy atom. The minimum absolute atomic E-state index is 0.574. The van der Waals surface area contributed by atoms with E-state index >= 15 is 0 Å². The number of hydrogen-bond acceptors (Lipinski definition) is 0. The average molecular weight is 327 g/mol. The number of hydrogen-bond donors (Lipinski definition) is 0. The molecule has 0 amide bonds. The molecular weight excluding hydrogens is 296 g/mol. The van der Waals surface area contributed by atoms with Crippen molar-refractivity contribution < 1.29 is 0 Å². The number of halogens is 1. The van der Waals surface area contributed by atoms with Gasteiger partial charge in [-0.05, 0) is 59.3 Å². The summed E-state index contributed by atoms with van der Waals surface area (Å²) in [5.74, 6) is 3.54. The third-order valence-corrected chi connectivity index (χ3v) is 6.77. The first-order chi connectivity index (χ1) is 8.95. The van der Waals surface area contributed by atoms with Crippen LogP contribution in [0.5, 0.6) is 0 Å². The van der Waals surface area contributed by atoms with Crippen molar-refractivity contribution in [2.24, 2.45) is 29.1 Å². The lowest BCUT2D eigenvalue weighted by atomic mass is 9.64. The Morgan fingerprint density at radius 1 is 1.26 bits per heavy atom. The summed E-state index contributed by atoms with van der Waals surface area (Å²) in [5, 5.41) is 0. The van der Waals surface area contributed by atoms with Gasteiger partial charge < -0.3 is 0 Å². The van der Waals surface area contributed by atoms with E-state index in [1.54, 1.807) is 0 Å². The summed E-state index contributed by atoms with van der Waals surface area (Å²) in [6.45, 7) is 9.79. The van der Waals surface area contributed by atoms with Crippen molar-refractivity contribution in [3.63, 3.8) is 0 Å². The first-order valence-corrected chi connectivity index (χ1v) is 9.10. The van der Waals surface area contributed by atoms with Crippen LogP contribution in [0.3, 0.4) is 0 Å². The number of allylic oxidation sites excluding steroid dienone is 2. The fourth-order valence-corrected chi connectivity index (χ4v) is 5.70. The van der Waals surface area contributed by atoms with Crippen LogP contribution in [0.1, 0.15) is 72.6 Å². The van der Waals surface area contributed by atoms with E-state index in [0.29, 0.717) is 5.41 Å². The smallest absolute Gasteiger partial charge is 0.00420 e. The van der Waals surface area contributed by atoms with E-state index in [1.807, 2.05) is 0 Å². The molecule has 0 aromatic rings. The Balaban J connectivity index is 1.96. The minimum Gasteiger partial charge on any atom is -0.0740 e. The van der Waals surface area contributed by atoms with Gasteiger partial charge in [0.2, 0.25) is 0 Å². The van der Waals surface area contributed by atoms with Crippen LogP contribution < -0.4 is 0 Å². The molecule has 0 aliphatic heterocycles. The summed E-state index contributed by atoms with van der Waals surface area (Å²) in [5.41, 5.74) is 0.574. The third-order valence-electron chi connectivity index (χ3n) is 5.89. The van der Waals surface area contributed by atoms with E-state index in [-0.39, 0.29) is 0 Å². The van der Waals surface area contributed by atoms with Crippen LogP contribution in [0.2, 0.25) is 0 Å². The van der Waals surface area contributed by atoms with E-state index in [1.165, 1.54) is 49.4 Å². The van der Waals surface area contributed by atoms with Gasteiger partial charge in [0.1, 0.15) is 0 Å². The molecule has 4 atom stereocenters. The number of fused-ring (bicyclic) bond motifs is 1. The Kier molecular flexibility index (Phi) is 5.20. The van der Waals surface area contributed by atoms with Crippen LogP contribution in [0.25, 0.3) is 0 Å². The van der Waals surface area contributed by atoms with Crippen molar-refractivity contribution in [3.8, 4) is 0 Å². The van der Waals surface area contributed by atoms with Gasteiger partial charge in [0.05, 0.1) is 0 Å². The molecule has 0 spiro atoms. The van der Waals surface area contributed by atoms with Crippen LogP contribution in [-0.2, 0) is 0 Å². The SMILES string of the molecule is CC(C)CCC[C@@H](C)[C@H]1CC[C@H]2C(Br)=CCC[C@]12C. The molecule has 0 radical (unpaired) electrons. The molecule has 0 N–H and O–H groups in total. The summed E-state index contributed by atoms with van der Waals surface area (Å²) in [6.07, 6.45) is 12.2. The molecule has 2 aliphatic rings. The largest absolute Gasteiger partial charge is 0.0740 e. The van der Waals surface area contributed by atoms with Gasteiger partial charge in [-0.1, -0.05) is 69.0 Å². The van der Waals surface area contributed by atoms with Gasteiger partial charge in [0.15, 0.2) is 0 Å². The van der Waals surface area contributed by atoms with Gasteiger partial charge in [0.25, 0.3) is 0 Å². The van der Waals surface area contributed by atoms with Gasteiger partial charge in [-0.2, -0.15) is 0 Å². The maximum Gasteiger partial charge on any atom is -0.00420 e. The van der Waals surface area contributed by atoms with Crippen LogP contribution >= 0.6 is 15.9 Å². The number of rotatable bonds is 5. The summed E-state index contributed by atoms with van der Waals surface area (Å²) < 4.78 is 1.51. The van der Waals surface area contributed by atoms with Crippen LogP contribution in [0.4, 0.5) is 0 Å². The van der Waals surface area contributed by atoms with Crippen LogP contribution in [0, 0.1) is 29.1 Å². The standard InChI is InChI=1S/C18H31Br/c1-13(2)7-5-8-14(3)15-10-11-16-17(19)9-6-12-18(15,16)4/h9,13-16H,5-8,10-12H2,1-4H3/t14-,15-,16+,18-/m1/s1. The van der Waals surface area contributed by atoms with Gasteiger partial charge in [-0.25, -0.2) is 0 Å². The van der Waals surface area contributed by atoms with E-state index < -0.39 is 0 Å². The Bertz CT molecular complexity index is 331. The second-order valence-corrected chi connectivity index (χ2v) is 8.59. The van der Waals surface area contributed by atoms with E-state index in [9.17, 15) is 0 Å². The highest BCUT2D eigenvalue weighted by Crippen LogP contribution is 2.59. The molecule has 0 unspecified atom stereocenters. The van der Waals surface area contributed by atoms with Gasteiger partial charge in [-0.3, -0.25) is 0 Å². The molecule has 0 saturated heterocycles.